The Kier molecular flexibility index (Phi) is 3.20. The molecule has 0 atom stereocenters. The van der Waals surface area contributed by atoms with Crippen LogP contribution < -0.4 is 5.84 Å². The molecule has 0 aliphatic rings. The average molecular weight is 223 g/mol. The van der Waals surface area contributed by atoms with Gasteiger partial charge in [-0.1, -0.05) is 34.8 Å². The van der Waals surface area contributed by atoms with Gasteiger partial charge < -0.3 is 5.84 Å². The molecule has 0 aromatic heterocycles. The molecule has 5 heteroatoms. The third-order valence-electron chi connectivity index (χ3n) is 1.23. The van der Waals surface area contributed by atoms with E-state index in [0.29, 0.717) is 20.6 Å². The van der Waals surface area contributed by atoms with Crippen molar-refractivity contribution in [1.82, 2.24) is 0 Å². The zero-order valence-electron chi connectivity index (χ0n) is 5.89. The van der Waals surface area contributed by atoms with Gasteiger partial charge in [0.05, 0.1) is 16.3 Å². The summed E-state index contributed by atoms with van der Waals surface area (Å²) in [6.45, 7) is 0. The first-order valence-electron chi connectivity index (χ1n) is 3.03. The Bertz CT molecular complexity index is 323. The molecule has 0 bridgehead atoms. The summed E-state index contributed by atoms with van der Waals surface area (Å²) in [6.07, 6.45) is 1.39. The highest BCUT2D eigenvalue weighted by Gasteiger charge is 2.04. The number of nitrogens with two attached hydrogens (primary N) is 1. The lowest BCUT2D eigenvalue weighted by atomic mass is 10.2. The fourth-order valence-electron chi connectivity index (χ4n) is 0.750. The molecule has 0 saturated heterocycles. The molecule has 0 radical (unpaired) electrons. The number of rotatable bonds is 1. The van der Waals surface area contributed by atoms with Crippen LogP contribution in [-0.4, -0.2) is 6.21 Å². The van der Waals surface area contributed by atoms with Crippen molar-refractivity contribution in [3.63, 3.8) is 0 Å². The van der Waals surface area contributed by atoms with Gasteiger partial charge in [0.15, 0.2) is 0 Å². The largest absolute Gasteiger partial charge is 0.323 e. The van der Waals surface area contributed by atoms with E-state index in [4.69, 9.17) is 40.6 Å². The van der Waals surface area contributed by atoms with Crippen molar-refractivity contribution in [2.45, 2.75) is 0 Å². The zero-order valence-corrected chi connectivity index (χ0v) is 8.16. The summed E-state index contributed by atoms with van der Waals surface area (Å²) in [5.74, 6) is 4.95. The Labute approximate surface area is 84.9 Å². The molecule has 1 aromatic carbocycles. The highest BCUT2D eigenvalue weighted by atomic mass is 35.5. The molecule has 64 valence electrons. The van der Waals surface area contributed by atoms with Crippen LogP contribution in [0.1, 0.15) is 5.56 Å². The van der Waals surface area contributed by atoms with E-state index >= 15 is 0 Å². The van der Waals surface area contributed by atoms with Crippen molar-refractivity contribution >= 4 is 41.0 Å². The summed E-state index contributed by atoms with van der Waals surface area (Å²) in [5, 5.41) is 4.61. The van der Waals surface area contributed by atoms with Crippen molar-refractivity contribution in [3.05, 3.63) is 32.8 Å². The van der Waals surface area contributed by atoms with E-state index in [0.717, 1.165) is 0 Å². The Morgan fingerprint density at radius 2 is 1.92 bits per heavy atom. The van der Waals surface area contributed by atoms with E-state index in [1.165, 1.54) is 6.21 Å². The van der Waals surface area contributed by atoms with E-state index in [9.17, 15) is 0 Å². The molecule has 0 aliphatic heterocycles. The number of nitrogens with zero attached hydrogens (tertiary/aromatic N) is 1. The van der Waals surface area contributed by atoms with Gasteiger partial charge in [-0.25, -0.2) is 0 Å². The van der Waals surface area contributed by atoms with Crippen molar-refractivity contribution < 1.29 is 0 Å². The molecule has 0 heterocycles. The molecule has 0 fully saturated rings. The minimum absolute atomic E-state index is 0.388. The average Bonchev–Trinajstić information content (AvgIpc) is 2.00. The topological polar surface area (TPSA) is 38.4 Å². The van der Waals surface area contributed by atoms with Crippen LogP contribution in [0, 0.1) is 0 Å². The summed E-state index contributed by atoms with van der Waals surface area (Å²) in [7, 11) is 0. The number of halogens is 3. The summed E-state index contributed by atoms with van der Waals surface area (Å²) in [6, 6.07) is 3.19. The molecular weight excluding hydrogens is 218 g/mol. The quantitative estimate of drug-likeness (QED) is 0.338. The first kappa shape index (κ1) is 9.65. The van der Waals surface area contributed by atoms with Crippen molar-refractivity contribution in [1.29, 1.82) is 0 Å². The molecular formula is C7H5Cl3N2. The van der Waals surface area contributed by atoms with Gasteiger partial charge in [0, 0.05) is 10.6 Å². The van der Waals surface area contributed by atoms with E-state index in [1.807, 2.05) is 0 Å². The van der Waals surface area contributed by atoms with Gasteiger partial charge in [0.25, 0.3) is 0 Å². The lowest BCUT2D eigenvalue weighted by molar-refractivity contribution is 1.26. The van der Waals surface area contributed by atoms with Crippen LogP contribution in [-0.2, 0) is 0 Å². The second-order valence-electron chi connectivity index (χ2n) is 2.07. The van der Waals surface area contributed by atoms with E-state index in [1.54, 1.807) is 12.1 Å². The minimum atomic E-state index is 0.388. The summed E-state index contributed by atoms with van der Waals surface area (Å²) in [5.41, 5.74) is 0.608. The second-order valence-corrected chi connectivity index (χ2v) is 3.29. The summed E-state index contributed by atoms with van der Waals surface area (Å²) in [4.78, 5) is 0. The lowest BCUT2D eigenvalue weighted by Crippen LogP contribution is -1.88. The van der Waals surface area contributed by atoms with E-state index in [-0.39, 0.29) is 0 Å². The number of hydrogen-bond acceptors (Lipinski definition) is 2. The van der Waals surface area contributed by atoms with E-state index in [2.05, 4.69) is 5.10 Å². The highest BCUT2D eigenvalue weighted by Crippen LogP contribution is 2.28. The molecule has 0 saturated carbocycles. The second kappa shape index (κ2) is 3.99. The third-order valence-corrected chi connectivity index (χ3v) is 2.27. The first-order valence-corrected chi connectivity index (χ1v) is 4.16. The van der Waals surface area contributed by atoms with Crippen LogP contribution in [0.25, 0.3) is 0 Å². The predicted molar refractivity (Wildman–Crippen MR) is 53.3 cm³/mol. The van der Waals surface area contributed by atoms with Gasteiger partial charge in [-0.15, -0.1) is 0 Å². The van der Waals surface area contributed by atoms with Crippen molar-refractivity contribution in [2.75, 3.05) is 0 Å². The Hall–Kier alpha value is -0.440. The van der Waals surface area contributed by atoms with Crippen LogP contribution in [0.5, 0.6) is 0 Å². The predicted octanol–water partition coefficient (Wildman–Crippen LogP) is 2.94. The van der Waals surface area contributed by atoms with Crippen LogP contribution in [0.3, 0.4) is 0 Å². The van der Waals surface area contributed by atoms with Gasteiger partial charge in [-0.3, -0.25) is 0 Å². The fraction of sp³-hybridized carbons (Fsp3) is 0. The molecule has 1 rings (SSSR count). The number of hydrogen-bond donors (Lipinski definition) is 1. The Morgan fingerprint density at radius 3 is 2.50 bits per heavy atom. The molecule has 1 aromatic rings. The van der Waals surface area contributed by atoms with Crippen LogP contribution in [0.2, 0.25) is 15.1 Å². The van der Waals surface area contributed by atoms with Gasteiger partial charge in [0.1, 0.15) is 0 Å². The maximum atomic E-state index is 5.81. The van der Waals surface area contributed by atoms with Gasteiger partial charge in [-0.2, -0.15) is 5.10 Å². The van der Waals surface area contributed by atoms with Crippen LogP contribution in [0.15, 0.2) is 17.2 Å². The monoisotopic (exact) mass is 222 g/mol. The Morgan fingerprint density at radius 1 is 1.25 bits per heavy atom. The highest BCUT2D eigenvalue weighted by molar-refractivity contribution is 6.44. The summed E-state index contributed by atoms with van der Waals surface area (Å²) >= 11 is 17.3. The molecule has 2 N–H and O–H groups in total. The van der Waals surface area contributed by atoms with Crippen LogP contribution in [0.4, 0.5) is 0 Å². The van der Waals surface area contributed by atoms with Gasteiger partial charge in [-0.05, 0) is 12.1 Å². The lowest BCUT2D eigenvalue weighted by Gasteiger charge is -2.00. The smallest absolute Gasteiger partial charge is 0.0681 e. The summed E-state index contributed by atoms with van der Waals surface area (Å²) < 4.78 is 0. The van der Waals surface area contributed by atoms with Crippen molar-refractivity contribution in [3.8, 4) is 0 Å². The first-order chi connectivity index (χ1) is 5.65. The standard InChI is InChI=1S/C7H5Cl3N2/c8-5-1-4(3-12-11)7(10)6(9)2-5/h1-3H,11H2. The van der Waals surface area contributed by atoms with Crippen LogP contribution >= 0.6 is 34.8 Å². The van der Waals surface area contributed by atoms with Gasteiger partial charge >= 0.3 is 0 Å². The maximum absolute atomic E-state index is 5.81. The van der Waals surface area contributed by atoms with Crippen molar-refractivity contribution in [2.24, 2.45) is 10.9 Å². The maximum Gasteiger partial charge on any atom is 0.0681 e. The number of benzene rings is 1. The zero-order chi connectivity index (χ0) is 9.14. The molecule has 0 unspecified atom stereocenters. The SMILES string of the molecule is NN=Cc1cc(Cl)cc(Cl)c1Cl. The number of hydrazone groups is 1. The molecule has 2 nitrogen and oxygen atoms in total. The molecule has 0 spiro atoms. The van der Waals surface area contributed by atoms with Gasteiger partial charge in [0.2, 0.25) is 0 Å². The van der Waals surface area contributed by atoms with E-state index < -0.39 is 0 Å². The minimum Gasteiger partial charge on any atom is -0.323 e. The molecule has 0 aliphatic carbocycles. The normalized spacial score (nSPS) is 10.9. The Balaban J connectivity index is 3.27. The fourth-order valence-corrected chi connectivity index (χ4v) is 1.42. The molecule has 12 heavy (non-hydrogen) atoms. The molecule has 0 amide bonds. The third kappa shape index (κ3) is 2.03.